The van der Waals surface area contributed by atoms with Crippen LogP contribution in [0, 0.1) is 0 Å². The van der Waals surface area contributed by atoms with Crippen molar-refractivity contribution >= 4 is 0 Å². The molecule has 0 saturated heterocycles. The Morgan fingerprint density at radius 1 is 1.44 bits per heavy atom. The highest BCUT2D eigenvalue weighted by Crippen LogP contribution is 2.31. The Hall–Kier alpha value is -0.870. The molecule has 0 saturated carbocycles. The van der Waals surface area contributed by atoms with E-state index in [-0.39, 0.29) is 11.6 Å². The second-order valence-corrected chi connectivity index (χ2v) is 4.87. The van der Waals surface area contributed by atoms with Crippen LogP contribution in [0.1, 0.15) is 52.3 Å². The summed E-state index contributed by atoms with van der Waals surface area (Å²) in [5, 5.41) is 7.88. The lowest BCUT2D eigenvalue weighted by Crippen LogP contribution is -2.44. The molecule has 0 aliphatic rings. The van der Waals surface area contributed by atoms with E-state index >= 15 is 0 Å². The summed E-state index contributed by atoms with van der Waals surface area (Å²) < 4.78 is 7.94. The predicted molar refractivity (Wildman–Crippen MR) is 74.6 cm³/mol. The highest BCUT2D eigenvalue weighted by molar-refractivity contribution is 5.12. The molecule has 4 nitrogen and oxygen atoms in total. The van der Waals surface area contributed by atoms with Crippen LogP contribution < -0.4 is 5.32 Å². The van der Waals surface area contributed by atoms with Crippen LogP contribution >= 0.6 is 0 Å². The van der Waals surface area contributed by atoms with Crippen LogP contribution in [0.2, 0.25) is 0 Å². The zero-order valence-corrected chi connectivity index (χ0v) is 12.4. The molecule has 0 amide bonds. The zero-order chi connectivity index (χ0) is 13.6. The summed E-state index contributed by atoms with van der Waals surface area (Å²) in [6.07, 6.45) is 3.92. The van der Waals surface area contributed by atoms with Crippen molar-refractivity contribution in [2.24, 2.45) is 7.05 Å². The van der Waals surface area contributed by atoms with Crippen molar-refractivity contribution in [3.63, 3.8) is 0 Å². The molecule has 0 radical (unpaired) electrons. The number of hydrogen-bond acceptors (Lipinski definition) is 3. The van der Waals surface area contributed by atoms with E-state index in [1.807, 2.05) is 24.9 Å². The third-order valence-corrected chi connectivity index (χ3v) is 3.54. The second kappa shape index (κ2) is 6.90. The molecule has 1 heterocycles. The average Bonchev–Trinajstić information content (AvgIpc) is 2.76. The van der Waals surface area contributed by atoms with Crippen molar-refractivity contribution in [1.29, 1.82) is 0 Å². The monoisotopic (exact) mass is 253 g/mol. The maximum Gasteiger partial charge on any atom is 0.0860 e. The van der Waals surface area contributed by atoms with Crippen molar-refractivity contribution in [3.05, 3.63) is 18.0 Å². The first-order chi connectivity index (χ1) is 8.59. The molecular formula is C14H27N3O. The summed E-state index contributed by atoms with van der Waals surface area (Å²) in [5.74, 6) is 0. The lowest BCUT2D eigenvalue weighted by Gasteiger charge is -2.37. The molecule has 1 aromatic heterocycles. The third kappa shape index (κ3) is 3.33. The summed E-state index contributed by atoms with van der Waals surface area (Å²) in [6.45, 7) is 10.3. The van der Waals surface area contributed by atoms with Crippen molar-refractivity contribution in [2.45, 2.75) is 52.2 Å². The molecule has 1 rings (SSSR count). The van der Waals surface area contributed by atoms with Gasteiger partial charge in [0.05, 0.1) is 17.3 Å². The van der Waals surface area contributed by atoms with Crippen LogP contribution in [0.15, 0.2) is 12.3 Å². The van der Waals surface area contributed by atoms with E-state index in [4.69, 9.17) is 4.74 Å². The van der Waals surface area contributed by atoms with Crippen LogP contribution in [0.5, 0.6) is 0 Å². The number of ether oxygens (including phenoxy) is 1. The molecule has 1 aromatic rings. The van der Waals surface area contributed by atoms with Gasteiger partial charge < -0.3 is 10.1 Å². The minimum absolute atomic E-state index is 0.176. The molecule has 1 N–H and O–H groups in total. The molecule has 2 unspecified atom stereocenters. The molecule has 2 atom stereocenters. The first-order valence-electron chi connectivity index (χ1n) is 6.94. The second-order valence-electron chi connectivity index (χ2n) is 4.87. The molecule has 104 valence electrons. The van der Waals surface area contributed by atoms with Gasteiger partial charge in [-0.25, -0.2) is 0 Å². The van der Waals surface area contributed by atoms with E-state index in [9.17, 15) is 0 Å². The summed E-state index contributed by atoms with van der Waals surface area (Å²) in [4.78, 5) is 0. The fourth-order valence-electron chi connectivity index (χ4n) is 2.31. The molecular weight excluding hydrogens is 226 g/mol. The van der Waals surface area contributed by atoms with Gasteiger partial charge in [0.15, 0.2) is 0 Å². The third-order valence-electron chi connectivity index (χ3n) is 3.54. The van der Waals surface area contributed by atoms with Gasteiger partial charge in [-0.3, -0.25) is 4.68 Å². The summed E-state index contributed by atoms with van der Waals surface area (Å²) in [6, 6.07) is 2.25. The average molecular weight is 253 g/mol. The van der Waals surface area contributed by atoms with Gasteiger partial charge >= 0.3 is 0 Å². The number of nitrogens with zero attached hydrogens (tertiary/aromatic N) is 2. The van der Waals surface area contributed by atoms with E-state index in [0.717, 1.165) is 26.0 Å². The van der Waals surface area contributed by atoms with Gasteiger partial charge in [0.25, 0.3) is 0 Å². The lowest BCUT2D eigenvalue weighted by atomic mass is 9.90. The lowest BCUT2D eigenvalue weighted by molar-refractivity contribution is -0.0580. The van der Waals surface area contributed by atoms with Crippen molar-refractivity contribution in [2.75, 3.05) is 13.2 Å². The number of nitrogens with one attached hydrogen (secondary N) is 1. The van der Waals surface area contributed by atoms with Crippen LogP contribution in [0.4, 0.5) is 0 Å². The topological polar surface area (TPSA) is 39.1 Å². The van der Waals surface area contributed by atoms with Crippen LogP contribution in [-0.2, 0) is 11.8 Å². The quantitative estimate of drug-likeness (QED) is 0.774. The largest absolute Gasteiger partial charge is 0.374 e. The minimum Gasteiger partial charge on any atom is -0.374 e. The van der Waals surface area contributed by atoms with Gasteiger partial charge in [0.2, 0.25) is 0 Å². The van der Waals surface area contributed by atoms with Crippen molar-refractivity contribution < 1.29 is 4.74 Å². The molecule has 0 aliphatic carbocycles. The van der Waals surface area contributed by atoms with Crippen LogP contribution in [0.3, 0.4) is 0 Å². The number of aromatic nitrogens is 2. The first kappa shape index (κ1) is 15.2. The predicted octanol–water partition coefficient (Wildman–Crippen LogP) is 2.67. The van der Waals surface area contributed by atoms with Crippen LogP contribution in [-0.4, -0.2) is 28.5 Å². The van der Waals surface area contributed by atoms with Gasteiger partial charge in [-0.15, -0.1) is 0 Å². The van der Waals surface area contributed by atoms with Gasteiger partial charge in [-0.1, -0.05) is 13.8 Å². The summed E-state index contributed by atoms with van der Waals surface area (Å²) in [5.41, 5.74) is 0.985. The Kier molecular flexibility index (Phi) is 5.82. The Balaban J connectivity index is 3.00. The number of aryl methyl sites for hydroxylation is 1. The van der Waals surface area contributed by atoms with E-state index in [1.165, 1.54) is 5.69 Å². The van der Waals surface area contributed by atoms with Gasteiger partial charge in [0, 0.05) is 19.9 Å². The number of hydrogen-bond donors (Lipinski definition) is 1. The Labute approximate surface area is 111 Å². The molecule has 0 aliphatic heterocycles. The molecule has 0 aromatic carbocycles. The van der Waals surface area contributed by atoms with E-state index in [0.29, 0.717) is 0 Å². The Bertz CT molecular complexity index is 351. The van der Waals surface area contributed by atoms with Crippen molar-refractivity contribution in [1.82, 2.24) is 15.1 Å². The molecule has 18 heavy (non-hydrogen) atoms. The fourth-order valence-corrected chi connectivity index (χ4v) is 2.31. The maximum absolute atomic E-state index is 6.01. The standard InChI is InChI=1S/C14H27N3O/c1-6-10-15-13(12-9-11-16-17(12)5)14(4,7-2)18-8-3/h9,11,13,15H,6-8,10H2,1-5H3. The smallest absolute Gasteiger partial charge is 0.0860 e. The van der Waals surface area contributed by atoms with Crippen LogP contribution in [0.25, 0.3) is 0 Å². The first-order valence-corrected chi connectivity index (χ1v) is 6.94. The Morgan fingerprint density at radius 2 is 2.17 bits per heavy atom. The van der Waals surface area contributed by atoms with Gasteiger partial charge in [-0.05, 0) is 39.3 Å². The minimum atomic E-state index is -0.197. The molecule has 0 bridgehead atoms. The van der Waals surface area contributed by atoms with Gasteiger partial charge in [-0.2, -0.15) is 5.10 Å². The molecule has 0 fully saturated rings. The number of rotatable bonds is 8. The van der Waals surface area contributed by atoms with E-state index in [1.54, 1.807) is 0 Å². The van der Waals surface area contributed by atoms with Gasteiger partial charge in [0.1, 0.15) is 0 Å². The zero-order valence-electron chi connectivity index (χ0n) is 12.4. The van der Waals surface area contributed by atoms with Crippen molar-refractivity contribution in [3.8, 4) is 0 Å². The SMILES string of the molecule is CCCNC(c1ccnn1C)C(C)(CC)OCC. The normalized spacial score (nSPS) is 16.5. The maximum atomic E-state index is 6.01. The fraction of sp³-hybridized carbons (Fsp3) is 0.786. The molecule has 4 heteroatoms. The Morgan fingerprint density at radius 3 is 2.61 bits per heavy atom. The summed E-state index contributed by atoms with van der Waals surface area (Å²) >= 11 is 0. The molecule has 0 spiro atoms. The highest BCUT2D eigenvalue weighted by Gasteiger charge is 2.35. The van der Waals surface area contributed by atoms with E-state index in [2.05, 4.69) is 37.3 Å². The highest BCUT2D eigenvalue weighted by atomic mass is 16.5. The summed E-state index contributed by atoms with van der Waals surface area (Å²) in [7, 11) is 1.98. The van der Waals surface area contributed by atoms with E-state index < -0.39 is 0 Å².